The van der Waals surface area contributed by atoms with E-state index in [1.54, 1.807) is 25.0 Å². The Kier molecular flexibility index (Phi) is 4.65. The zero-order valence-corrected chi connectivity index (χ0v) is 16.1. The monoisotopic (exact) mass is 387 g/mol. The summed E-state index contributed by atoms with van der Waals surface area (Å²) in [6.45, 7) is 7.61. The lowest BCUT2D eigenvalue weighted by molar-refractivity contribution is 0.142. The number of anilines is 1. The molecule has 0 bridgehead atoms. The van der Waals surface area contributed by atoms with Crippen LogP contribution < -0.4 is 4.90 Å². The summed E-state index contributed by atoms with van der Waals surface area (Å²) in [5, 5.41) is 9.88. The number of hydrogen-bond acceptors (Lipinski definition) is 7. The van der Waals surface area contributed by atoms with E-state index in [0.717, 1.165) is 12.6 Å². The number of carbonyl (C=O) groups excluding carboxylic acids is 1. The Hall–Kier alpha value is -3.11. The molecule has 0 aromatic carbocycles. The van der Waals surface area contributed by atoms with Crippen LogP contribution in [0.5, 0.6) is 0 Å². The van der Waals surface area contributed by atoms with Crippen molar-refractivity contribution < 1.29 is 9.18 Å². The molecule has 1 atom stereocenters. The van der Waals surface area contributed by atoms with Gasteiger partial charge in [-0.2, -0.15) is 14.8 Å². The summed E-state index contributed by atoms with van der Waals surface area (Å²) < 4.78 is 15.7. The average molecular weight is 387 g/mol. The number of aromatic nitrogens is 5. The minimum atomic E-state index is -0.563. The number of hydrazone groups is 1. The van der Waals surface area contributed by atoms with Crippen molar-refractivity contribution in [1.82, 2.24) is 34.6 Å². The molecule has 28 heavy (non-hydrogen) atoms. The maximum atomic E-state index is 14.3. The zero-order valence-electron chi connectivity index (χ0n) is 16.1. The van der Waals surface area contributed by atoms with Gasteiger partial charge in [-0.3, -0.25) is 0 Å². The topological polar surface area (TPSA) is 95.6 Å². The van der Waals surface area contributed by atoms with Gasteiger partial charge >= 0.3 is 6.03 Å². The number of nitrogens with zero attached hydrogens (tertiary/aromatic N) is 9. The van der Waals surface area contributed by atoms with E-state index in [-0.39, 0.29) is 17.9 Å². The van der Waals surface area contributed by atoms with E-state index in [2.05, 4.69) is 25.2 Å². The molecule has 11 heteroatoms. The van der Waals surface area contributed by atoms with Crippen LogP contribution in [0.25, 0.3) is 5.82 Å². The van der Waals surface area contributed by atoms with E-state index in [1.807, 2.05) is 11.8 Å². The van der Waals surface area contributed by atoms with Gasteiger partial charge in [-0.05, 0) is 20.8 Å². The molecule has 0 radical (unpaired) electrons. The predicted molar refractivity (Wildman–Crippen MR) is 100.0 cm³/mol. The Bertz CT molecular complexity index is 919. The lowest BCUT2D eigenvalue weighted by Crippen LogP contribution is -2.53. The highest BCUT2D eigenvalue weighted by Gasteiger charge is 2.30. The van der Waals surface area contributed by atoms with E-state index in [4.69, 9.17) is 0 Å². The first-order chi connectivity index (χ1) is 13.4. The number of amides is 2. The fraction of sp³-hybridized carbons (Fsp3) is 0.529. The van der Waals surface area contributed by atoms with Crippen molar-refractivity contribution in [3.8, 4) is 5.82 Å². The Morgan fingerprint density at radius 3 is 2.54 bits per heavy atom. The van der Waals surface area contributed by atoms with Crippen LogP contribution in [0.2, 0.25) is 0 Å². The lowest BCUT2D eigenvalue weighted by atomic mass is 10.2. The summed E-state index contributed by atoms with van der Waals surface area (Å²) in [7, 11) is 0. The smallest absolute Gasteiger partial charge is 0.337 e. The molecule has 10 nitrogen and oxygen atoms in total. The van der Waals surface area contributed by atoms with Gasteiger partial charge < -0.3 is 9.80 Å². The quantitative estimate of drug-likeness (QED) is 0.767. The van der Waals surface area contributed by atoms with Gasteiger partial charge in [0.25, 0.3) is 0 Å². The third-order valence-corrected chi connectivity index (χ3v) is 4.89. The molecule has 2 aromatic rings. The first-order valence-electron chi connectivity index (χ1n) is 9.22. The van der Waals surface area contributed by atoms with E-state index in [0.29, 0.717) is 43.8 Å². The molecule has 0 aliphatic carbocycles. The SMILES string of the molecule is Cc1nc(C)n(-c2nc(N3CCN(C(=O)N4N=CC[C@@H]4C)CC3)ncc2F)n1. The van der Waals surface area contributed by atoms with Crippen molar-refractivity contribution in [3.05, 3.63) is 23.7 Å². The minimum Gasteiger partial charge on any atom is -0.337 e. The van der Waals surface area contributed by atoms with Crippen molar-refractivity contribution in [2.24, 2.45) is 5.10 Å². The molecular formula is C17H22FN9O. The first-order valence-corrected chi connectivity index (χ1v) is 9.22. The Morgan fingerprint density at radius 2 is 1.93 bits per heavy atom. The molecule has 0 unspecified atom stereocenters. The molecule has 1 fully saturated rings. The van der Waals surface area contributed by atoms with Gasteiger partial charge in [-0.25, -0.2) is 24.2 Å². The van der Waals surface area contributed by atoms with Crippen LogP contribution in [0.15, 0.2) is 11.3 Å². The second-order valence-electron chi connectivity index (χ2n) is 6.94. The third-order valence-electron chi connectivity index (χ3n) is 4.89. The lowest BCUT2D eigenvalue weighted by Gasteiger charge is -2.36. The van der Waals surface area contributed by atoms with Crippen LogP contribution in [0.3, 0.4) is 0 Å². The number of aryl methyl sites for hydroxylation is 2. The number of carbonyl (C=O) groups is 1. The van der Waals surface area contributed by atoms with Crippen LogP contribution >= 0.6 is 0 Å². The molecule has 2 aromatic heterocycles. The number of piperazine rings is 1. The van der Waals surface area contributed by atoms with Crippen LogP contribution in [-0.2, 0) is 0 Å². The van der Waals surface area contributed by atoms with Gasteiger partial charge in [-0.1, -0.05) is 0 Å². The van der Waals surface area contributed by atoms with Gasteiger partial charge in [-0.15, -0.1) is 5.10 Å². The van der Waals surface area contributed by atoms with Crippen LogP contribution in [0.1, 0.15) is 25.0 Å². The number of hydrogen-bond donors (Lipinski definition) is 0. The summed E-state index contributed by atoms with van der Waals surface area (Å²) in [5.74, 6) is 1.01. The molecule has 4 rings (SSSR count). The summed E-state index contributed by atoms with van der Waals surface area (Å²) >= 11 is 0. The maximum Gasteiger partial charge on any atom is 0.340 e. The highest BCUT2D eigenvalue weighted by Crippen LogP contribution is 2.19. The zero-order chi connectivity index (χ0) is 19.8. The summed E-state index contributed by atoms with van der Waals surface area (Å²) in [4.78, 5) is 29.0. The summed E-state index contributed by atoms with van der Waals surface area (Å²) in [6.07, 6.45) is 3.69. The Balaban J connectivity index is 1.48. The van der Waals surface area contributed by atoms with Crippen molar-refractivity contribution in [1.29, 1.82) is 0 Å². The van der Waals surface area contributed by atoms with Gasteiger partial charge in [0, 0.05) is 38.8 Å². The van der Waals surface area contributed by atoms with Gasteiger partial charge in [0.15, 0.2) is 11.6 Å². The van der Waals surface area contributed by atoms with Crippen molar-refractivity contribution >= 4 is 18.2 Å². The molecule has 148 valence electrons. The van der Waals surface area contributed by atoms with E-state index >= 15 is 0 Å². The van der Waals surface area contributed by atoms with Crippen LogP contribution in [0, 0.1) is 19.7 Å². The molecule has 2 aliphatic heterocycles. The first kappa shape index (κ1) is 18.3. The molecule has 0 N–H and O–H groups in total. The van der Waals surface area contributed by atoms with Gasteiger partial charge in [0.05, 0.1) is 12.2 Å². The largest absolute Gasteiger partial charge is 0.340 e. The normalized spacial score (nSPS) is 19.6. The summed E-state index contributed by atoms with van der Waals surface area (Å²) in [5.41, 5.74) is 0. The number of urea groups is 1. The maximum absolute atomic E-state index is 14.3. The molecule has 0 saturated carbocycles. The molecule has 0 spiro atoms. The second kappa shape index (κ2) is 7.13. The Morgan fingerprint density at radius 1 is 1.18 bits per heavy atom. The number of rotatable bonds is 2. The molecule has 4 heterocycles. The highest BCUT2D eigenvalue weighted by atomic mass is 19.1. The van der Waals surface area contributed by atoms with E-state index in [9.17, 15) is 9.18 Å². The van der Waals surface area contributed by atoms with Crippen LogP contribution in [-0.4, -0.2) is 79.1 Å². The molecule has 1 saturated heterocycles. The van der Waals surface area contributed by atoms with Crippen molar-refractivity contribution in [2.45, 2.75) is 33.2 Å². The molecule has 2 amide bonds. The minimum absolute atomic E-state index is 0.0711. The van der Waals surface area contributed by atoms with E-state index in [1.165, 1.54) is 9.69 Å². The van der Waals surface area contributed by atoms with Gasteiger partial charge in [0.1, 0.15) is 11.6 Å². The number of halogens is 1. The van der Waals surface area contributed by atoms with Gasteiger partial charge in [0.2, 0.25) is 5.95 Å². The molecular weight excluding hydrogens is 365 g/mol. The fourth-order valence-corrected chi connectivity index (χ4v) is 3.35. The predicted octanol–water partition coefficient (Wildman–Crippen LogP) is 1.14. The Labute approximate surface area is 161 Å². The standard InChI is InChI=1S/C17H22FN9O/c1-11-4-5-20-26(11)17(28)25-8-6-24(7-9-25)16-19-10-14(18)15(22-16)27-13(3)21-12(2)23-27/h5,10-11H,4,6-9H2,1-3H3/t11-/m0/s1. The fourth-order valence-electron chi connectivity index (χ4n) is 3.35. The third kappa shape index (κ3) is 3.27. The van der Waals surface area contributed by atoms with E-state index < -0.39 is 5.82 Å². The van der Waals surface area contributed by atoms with Crippen LogP contribution in [0.4, 0.5) is 15.1 Å². The molecule has 2 aliphatic rings. The summed E-state index contributed by atoms with van der Waals surface area (Å²) in [6, 6.07) is -0.00164. The second-order valence-corrected chi connectivity index (χ2v) is 6.94. The average Bonchev–Trinajstić information content (AvgIpc) is 3.26. The highest BCUT2D eigenvalue weighted by molar-refractivity contribution is 5.78. The van der Waals surface area contributed by atoms with Crippen molar-refractivity contribution in [3.63, 3.8) is 0 Å². The van der Waals surface area contributed by atoms with Crippen molar-refractivity contribution in [2.75, 3.05) is 31.1 Å².